The SMILES string of the molecule is COC(=O)c1cc(Cl)c2cc(F)cc(OC)c2n1. The van der Waals surface area contributed by atoms with Crippen LogP contribution in [0.5, 0.6) is 5.75 Å². The van der Waals surface area contributed by atoms with Gasteiger partial charge in [-0.1, -0.05) is 11.6 Å². The Morgan fingerprint density at radius 3 is 2.67 bits per heavy atom. The number of ether oxygens (including phenoxy) is 2. The first-order valence-corrected chi connectivity index (χ1v) is 5.36. The number of pyridine rings is 1. The Balaban J connectivity index is 2.78. The van der Waals surface area contributed by atoms with Gasteiger partial charge in [0.05, 0.1) is 19.2 Å². The van der Waals surface area contributed by atoms with Crippen molar-refractivity contribution in [2.24, 2.45) is 0 Å². The summed E-state index contributed by atoms with van der Waals surface area (Å²) in [6.07, 6.45) is 0. The highest BCUT2D eigenvalue weighted by Crippen LogP contribution is 2.31. The summed E-state index contributed by atoms with van der Waals surface area (Å²) in [5.41, 5.74) is 0.353. The number of hydrogen-bond donors (Lipinski definition) is 0. The van der Waals surface area contributed by atoms with E-state index in [1.165, 1.54) is 32.4 Å². The van der Waals surface area contributed by atoms with E-state index in [4.69, 9.17) is 16.3 Å². The van der Waals surface area contributed by atoms with E-state index in [0.717, 1.165) is 0 Å². The van der Waals surface area contributed by atoms with Crippen molar-refractivity contribution >= 4 is 28.5 Å². The Bertz CT molecular complexity index is 630. The lowest BCUT2D eigenvalue weighted by Gasteiger charge is -2.08. The number of fused-ring (bicyclic) bond motifs is 1. The van der Waals surface area contributed by atoms with Crippen LogP contribution in [-0.2, 0) is 4.74 Å². The molecule has 0 atom stereocenters. The summed E-state index contributed by atoms with van der Waals surface area (Å²) >= 11 is 5.99. The predicted molar refractivity (Wildman–Crippen MR) is 64.6 cm³/mol. The molecule has 0 aliphatic carbocycles. The lowest BCUT2D eigenvalue weighted by molar-refractivity contribution is 0.0594. The van der Waals surface area contributed by atoms with Gasteiger partial charge in [0.25, 0.3) is 0 Å². The lowest BCUT2D eigenvalue weighted by Crippen LogP contribution is -2.05. The van der Waals surface area contributed by atoms with Crippen LogP contribution in [0, 0.1) is 5.82 Å². The molecule has 6 heteroatoms. The minimum atomic E-state index is -0.620. The van der Waals surface area contributed by atoms with E-state index >= 15 is 0 Å². The molecule has 0 unspecified atom stereocenters. The number of benzene rings is 1. The number of hydrogen-bond acceptors (Lipinski definition) is 4. The van der Waals surface area contributed by atoms with Gasteiger partial charge < -0.3 is 9.47 Å². The number of carbonyl (C=O) groups is 1. The summed E-state index contributed by atoms with van der Waals surface area (Å²) < 4.78 is 22.9. The summed E-state index contributed by atoms with van der Waals surface area (Å²) in [7, 11) is 2.62. The molecule has 0 aliphatic heterocycles. The van der Waals surface area contributed by atoms with Crippen molar-refractivity contribution < 1.29 is 18.7 Å². The van der Waals surface area contributed by atoms with Crippen LogP contribution in [0.4, 0.5) is 4.39 Å². The fourth-order valence-corrected chi connectivity index (χ4v) is 1.83. The normalized spacial score (nSPS) is 10.4. The summed E-state index contributed by atoms with van der Waals surface area (Å²) in [6, 6.07) is 3.73. The summed E-state index contributed by atoms with van der Waals surface area (Å²) in [6.45, 7) is 0. The molecule has 4 nitrogen and oxygen atoms in total. The van der Waals surface area contributed by atoms with Crippen molar-refractivity contribution in [3.8, 4) is 5.75 Å². The predicted octanol–water partition coefficient (Wildman–Crippen LogP) is 2.82. The van der Waals surface area contributed by atoms with E-state index in [-0.39, 0.29) is 16.5 Å². The highest BCUT2D eigenvalue weighted by Gasteiger charge is 2.15. The van der Waals surface area contributed by atoms with Crippen molar-refractivity contribution in [3.05, 3.63) is 34.7 Å². The Morgan fingerprint density at radius 1 is 1.33 bits per heavy atom. The summed E-state index contributed by atoms with van der Waals surface area (Å²) in [4.78, 5) is 15.5. The lowest BCUT2D eigenvalue weighted by atomic mass is 10.2. The number of aromatic nitrogens is 1. The highest BCUT2D eigenvalue weighted by molar-refractivity contribution is 6.35. The molecule has 0 spiro atoms. The Morgan fingerprint density at radius 2 is 2.06 bits per heavy atom. The van der Waals surface area contributed by atoms with Gasteiger partial charge in [0.15, 0.2) is 5.69 Å². The molecular formula is C12H9ClFNO3. The van der Waals surface area contributed by atoms with Gasteiger partial charge in [0, 0.05) is 11.5 Å². The zero-order chi connectivity index (χ0) is 13.3. The summed E-state index contributed by atoms with van der Waals surface area (Å²) in [5.74, 6) is -0.906. The van der Waals surface area contributed by atoms with E-state index in [9.17, 15) is 9.18 Å². The van der Waals surface area contributed by atoms with Gasteiger partial charge in [-0.05, 0) is 12.1 Å². The molecule has 1 heterocycles. The van der Waals surface area contributed by atoms with E-state index in [1.54, 1.807) is 0 Å². The van der Waals surface area contributed by atoms with E-state index in [0.29, 0.717) is 10.9 Å². The van der Waals surface area contributed by atoms with Crippen LogP contribution in [0.15, 0.2) is 18.2 Å². The molecule has 0 N–H and O–H groups in total. The highest BCUT2D eigenvalue weighted by atomic mass is 35.5. The average Bonchev–Trinajstić information content (AvgIpc) is 2.37. The molecule has 0 amide bonds. The third-order valence-corrected chi connectivity index (χ3v) is 2.72. The second kappa shape index (κ2) is 4.78. The number of esters is 1. The van der Waals surface area contributed by atoms with Crippen molar-refractivity contribution in [2.45, 2.75) is 0 Å². The van der Waals surface area contributed by atoms with Crippen LogP contribution in [0.1, 0.15) is 10.5 Å². The molecule has 0 aliphatic rings. The fourth-order valence-electron chi connectivity index (χ4n) is 1.59. The number of carbonyl (C=O) groups excluding carboxylic acids is 1. The van der Waals surface area contributed by atoms with Crippen molar-refractivity contribution in [2.75, 3.05) is 14.2 Å². The number of halogens is 2. The molecule has 2 rings (SSSR count). The average molecular weight is 270 g/mol. The monoisotopic (exact) mass is 269 g/mol. The van der Waals surface area contributed by atoms with Crippen molar-refractivity contribution in [1.29, 1.82) is 0 Å². The minimum absolute atomic E-state index is 0.0416. The third kappa shape index (κ3) is 2.09. The van der Waals surface area contributed by atoms with Gasteiger partial charge in [-0.2, -0.15) is 0 Å². The molecule has 94 valence electrons. The van der Waals surface area contributed by atoms with Crippen LogP contribution >= 0.6 is 11.6 Å². The molecule has 2 aromatic rings. The number of nitrogens with zero attached hydrogens (tertiary/aromatic N) is 1. The number of methoxy groups -OCH3 is 2. The zero-order valence-corrected chi connectivity index (χ0v) is 10.4. The van der Waals surface area contributed by atoms with Gasteiger partial charge in [0.1, 0.15) is 17.1 Å². The third-order valence-electron chi connectivity index (χ3n) is 2.41. The van der Waals surface area contributed by atoms with Crippen molar-refractivity contribution in [1.82, 2.24) is 4.98 Å². The van der Waals surface area contributed by atoms with Crippen LogP contribution < -0.4 is 4.74 Å². The first-order chi connectivity index (χ1) is 8.56. The van der Waals surface area contributed by atoms with E-state index in [1.807, 2.05) is 0 Å². The Kier molecular flexibility index (Phi) is 3.34. The standard InChI is InChI=1S/C12H9ClFNO3/c1-17-10-4-6(14)3-7-8(13)5-9(12(16)18-2)15-11(7)10/h3-5H,1-2H3. The first kappa shape index (κ1) is 12.6. The van der Waals surface area contributed by atoms with Gasteiger partial charge in [-0.15, -0.1) is 0 Å². The molecule has 0 bridgehead atoms. The Hall–Kier alpha value is -1.88. The first-order valence-electron chi connectivity index (χ1n) is 4.99. The van der Waals surface area contributed by atoms with Crippen molar-refractivity contribution in [3.63, 3.8) is 0 Å². The maximum absolute atomic E-state index is 13.3. The van der Waals surface area contributed by atoms with Crippen LogP contribution in [0.25, 0.3) is 10.9 Å². The van der Waals surface area contributed by atoms with Gasteiger partial charge in [-0.3, -0.25) is 0 Å². The topological polar surface area (TPSA) is 48.4 Å². The molecule has 0 radical (unpaired) electrons. The Labute approximate surface area is 107 Å². The van der Waals surface area contributed by atoms with E-state index < -0.39 is 11.8 Å². The van der Waals surface area contributed by atoms with Crippen LogP contribution in [0.3, 0.4) is 0 Å². The second-order valence-electron chi connectivity index (χ2n) is 3.49. The molecule has 0 fully saturated rings. The summed E-state index contributed by atoms with van der Waals surface area (Å²) in [5, 5.41) is 0.583. The van der Waals surface area contributed by atoms with Gasteiger partial charge in [0.2, 0.25) is 0 Å². The molecule has 1 aromatic heterocycles. The molecule has 18 heavy (non-hydrogen) atoms. The van der Waals surface area contributed by atoms with Gasteiger partial charge in [-0.25, -0.2) is 14.2 Å². The van der Waals surface area contributed by atoms with Gasteiger partial charge >= 0.3 is 5.97 Å². The number of rotatable bonds is 2. The molecule has 0 saturated heterocycles. The molecular weight excluding hydrogens is 261 g/mol. The molecule has 1 aromatic carbocycles. The maximum atomic E-state index is 13.3. The van der Waals surface area contributed by atoms with E-state index in [2.05, 4.69) is 9.72 Å². The largest absolute Gasteiger partial charge is 0.494 e. The smallest absolute Gasteiger partial charge is 0.356 e. The fraction of sp³-hybridized carbons (Fsp3) is 0.167. The minimum Gasteiger partial charge on any atom is -0.494 e. The maximum Gasteiger partial charge on any atom is 0.356 e. The second-order valence-corrected chi connectivity index (χ2v) is 3.89. The quantitative estimate of drug-likeness (QED) is 0.787. The van der Waals surface area contributed by atoms with Crippen LogP contribution in [0.2, 0.25) is 5.02 Å². The molecule has 0 saturated carbocycles. The zero-order valence-electron chi connectivity index (χ0n) is 9.66. The van der Waals surface area contributed by atoms with Crippen LogP contribution in [-0.4, -0.2) is 25.2 Å².